The Balaban J connectivity index is 1.74. The summed E-state index contributed by atoms with van der Waals surface area (Å²) in [6.07, 6.45) is 0. The predicted molar refractivity (Wildman–Crippen MR) is 95.3 cm³/mol. The van der Waals surface area contributed by atoms with Gasteiger partial charge in [0, 0.05) is 37.1 Å². The minimum atomic E-state index is -0.0984. The van der Waals surface area contributed by atoms with Crippen LogP contribution in [-0.2, 0) is 0 Å². The summed E-state index contributed by atoms with van der Waals surface area (Å²) in [5, 5.41) is 0.683. The second-order valence-electron chi connectivity index (χ2n) is 5.47. The summed E-state index contributed by atoms with van der Waals surface area (Å²) >= 11 is 7.43. The molecule has 0 N–H and O–H groups in total. The summed E-state index contributed by atoms with van der Waals surface area (Å²) < 4.78 is 0. The maximum atomic E-state index is 12.7. The summed E-state index contributed by atoms with van der Waals surface area (Å²) in [5.41, 5.74) is 1.90. The topological polar surface area (TPSA) is 34.1 Å². The molecular formula is C20H11ClO2S. The van der Waals surface area contributed by atoms with Crippen LogP contribution in [-0.4, -0.2) is 11.6 Å². The van der Waals surface area contributed by atoms with Crippen LogP contribution in [0.25, 0.3) is 0 Å². The Kier molecular flexibility index (Phi) is 3.75. The molecule has 0 bridgehead atoms. The van der Waals surface area contributed by atoms with Gasteiger partial charge in [-0.15, -0.1) is 0 Å². The van der Waals surface area contributed by atoms with Gasteiger partial charge in [-0.1, -0.05) is 47.6 Å². The molecule has 0 heterocycles. The van der Waals surface area contributed by atoms with E-state index in [2.05, 4.69) is 0 Å². The van der Waals surface area contributed by atoms with Crippen molar-refractivity contribution < 1.29 is 9.59 Å². The van der Waals surface area contributed by atoms with Gasteiger partial charge in [0.25, 0.3) is 0 Å². The molecule has 0 radical (unpaired) electrons. The summed E-state index contributed by atoms with van der Waals surface area (Å²) in [5.74, 6) is -0.193. The van der Waals surface area contributed by atoms with E-state index in [9.17, 15) is 9.59 Å². The fourth-order valence-electron chi connectivity index (χ4n) is 2.78. The fourth-order valence-corrected chi connectivity index (χ4v) is 3.76. The Morgan fingerprint density at radius 3 is 1.83 bits per heavy atom. The van der Waals surface area contributed by atoms with Crippen LogP contribution in [0.5, 0.6) is 0 Å². The van der Waals surface area contributed by atoms with Crippen molar-refractivity contribution in [3.63, 3.8) is 0 Å². The molecule has 0 saturated carbocycles. The van der Waals surface area contributed by atoms with E-state index < -0.39 is 0 Å². The first kappa shape index (κ1) is 15.2. The third-order valence-electron chi connectivity index (χ3n) is 3.95. The maximum absolute atomic E-state index is 12.7. The molecule has 0 unspecified atom stereocenters. The molecule has 116 valence electrons. The minimum absolute atomic E-state index is 0.0942. The van der Waals surface area contributed by atoms with Crippen molar-refractivity contribution in [2.75, 3.05) is 0 Å². The van der Waals surface area contributed by atoms with Gasteiger partial charge in [-0.2, -0.15) is 0 Å². The lowest BCUT2D eigenvalue weighted by Crippen LogP contribution is -2.20. The minimum Gasteiger partial charge on any atom is -0.289 e. The standard InChI is InChI=1S/C20H11ClO2S/c21-12-5-7-13(8-6-12)24-14-9-10-17-18(11-14)20(23)16-4-2-1-3-15(16)19(17)22/h1-11H. The van der Waals surface area contributed by atoms with Crippen LogP contribution in [0, 0.1) is 0 Å². The molecule has 0 atom stereocenters. The van der Waals surface area contributed by atoms with Gasteiger partial charge in [-0.25, -0.2) is 0 Å². The number of benzene rings is 3. The Labute approximate surface area is 148 Å². The zero-order valence-corrected chi connectivity index (χ0v) is 14.0. The lowest BCUT2D eigenvalue weighted by molar-refractivity contribution is 0.0979. The molecule has 0 amide bonds. The van der Waals surface area contributed by atoms with E-state index in [1.807, 2.05) is 30.3 Å². The number of halogens is 1. The molecule has 0 saturated heterocycles. The van der Waals surface area contributed by atoms with Crippen molar-refractivity contribution in [1.29, 1.82) is 0 Å². The summed E-state index contributed by atoms with van der Waals surface area (Å²) in [6, 6.07) is 19.9. The van der Waals surface area contributed by atoms with Crippen molar-refractivity contribution >= 4 is 34.9 Å². The third kappa shape index (κ3) is 2.56. The first-order valence-corrected chi connectivity index (χ1v) is 8.59. The third-order valence-corrected chi connectivity index (χ3v) is 5.20. The van der Waals surface area contributed by atoms with E-state index in [0.717, 1.165) is 9.79 Å². The van der Waals surface area contributed by atoms with Gasteiger partial charge in [0.2, 0.25) is 0 Å². The molecule has 3 aromatic rings. The number of rotatable bonds is 2. The second kappa shape index (κ2) is 5.93. The molecular weight excluding hydrogens is 340 g/mol. The molecule has 3 aromatic carbocycles. The number of fused-ring (bicyclic) bond motifs is 2. The van der Waals surface area contributed by atoms with E-state index in [0.29, 0.717) is 27.3 Å². The molecule has 0 aliphatic heterocycles. The predicted octanol–water partition coefficient (Wildman–Crippen LogP) is 5.27. The average molecular weight is 351 g/mol. The van der Waals surface area contributed by atoms with Gasteiger partial charge in [0.15, 0.2) is 11.6 Å². The molecule has 0 spiro atoms. The highest BCUT2D eigenvalue weighted by atomic mass is 35.5. The quantitative estimate of drug-likeness (QED) is 0.494. The van der Waals surface area contributed by atoms with Crippen molar-refractivity contribution in [1.82, 2.24) is 0 Å². The van der Waals surface area contributed by atoms with E-state index >= 15 is 0 Å². The van der Waals surface area contributed by atoms with Crippen LogP contribution in [0.2, 0.25) is 5.02 Å². The largest absolute Gasteiger partial charge is 0.289 e. The highest BCUT2D eigenvalue weighted by Gasteiger charge is 2.29. The molecule has 2 nitrogen and oxygen atoms in total. The Morgan fingerprint density at radius 2 is 1.17 bits per heavy atom. The van der Waals surface area contributed by atoms with Crippen molar-refractivity contribution in [3.05, 3.63) is 94.0 Å². The molecule has 4 heteroatoms. The highest BCUT2D eigenvalue weighted by molar-refractivity contribution is 7.99. The van der Waals surface area contributed by atoms with E-state index in [-0.39, 0.29) is 11.6 Å². The van der Waals surface area contributed by atoms with Crippen molar-refractivity contribution in [2.24, 2.45) is 0 Å². The SMILES string of the molecule is O=C1c2ccccc2C(=O)c2cc(Sc3ccc(Cl)cc3)ccc21. The van der Waals surface area contributed by atoms with E-state index in [4.69, 9.17) is 11.6 Å². The molecule has 0 aromatic heterocycles. The van der Waals surface area contributed by atoms with Crippen LogP contribution in [0.3, 0.4) is 0 Å². The van der Waals surface area contributed by atoms with Gasteiger partial charge >= 0.3 is 0 Å². The van der Waals surface area contributed by atoms with Crippen LogP contribution < -0.4 is 0 Å². The summed E-state index contributed by atoms with van der Waals surface area (Å²) in [7, 11) is 0. The zero-order valence-electron chi connectivity index (χ0n) is 12.5. The van der Waals surface area contributed by atoms with Gasteiger partial charge < -0.3 is 0 Å². The Bertz CT molecular complexity index is 977. The Morgan fingerprint density at radius 1 is 0.625 bits per heavy atom. The van der Waals surface area contributed by atoms with Gasteiger partial charge in [-0.05, 0) is 42.5 Å². The Hall–Kier alpha value is -2.36. The normalized spacial score (nSPS) is 12.7. The van der Waals surface area contributed by atoms with Gasteiger partial charge in [0.05, 0.1) is 0 Å². The fraction of sp³-hybridized carbons (Fsp3) is 0. The number of hydrogen-bond donors (Lipinski definition) is 0. The van der Waals surface area contributed by atoms with E-state index in [1.54, 1.807) is 36.4 Å². The van der Waals surface area contributed by atoms with Crippen LogP contribution in [0.15, 0.2) is 76.5 Å². The highest BCUT2D eigenvalue weighted by Crippen LogP contribution is 2.33. The van der Waals surface area contributed by atoms with E-state index in [1.165, 1.54) is 11.8 Å². The van der Waals surface area contributed by atoms with Crippen LogP contribution in [0.4, 0.5) is 0 Å². The zero-order chi connectivity index (χ0) is 16.7. The smallest absolute Gasteiger partial charge is 0.194 e. The first-order valence-electron chi connectivity index (χ1n) is 7.39. The van der Waals surface area contributed by atoms with Crippen molar-refractivity contribution in [3.8, 4) is 0 Å². The average Bonchev–Trinajstić information content (AvgIpc) is 2.62. The lowest BCUT2D eigenvalue weighted by atomic mass is 9.84. The van der Waals surface area contributed by atoms with Gasteiger partial charge in [0.1, 0.15) is 0 Å². The molecule has 24 heavy (non-hydrogen) atoms. The first-order chi connectivity index (χ1) is 11.6. The lowest BCUT2D eigenvalue weighted by Gasteiger charge is -2.17. The second-order valence-corrected chi connectivity index (χ2v) is 7.05. The molecule has 1 aliphatic rings. The maximum Gasteiger partial charge on any atom is 0.194 e. The molecule has 1 aliphatic carbocycles. The van der Waals surface area contributed by atoms with Crippen molar-refractivity contribution in [2.45, 2.75) is 9.79 Å². The summed E-state index contributed by atoms with van der Waals surface area (Å²) in [6.45, 7) is 0. The number of carbonyl (C=O) groups excluding carboxylic acids is 2. The van der Waals surface area contributed by atoms with Crippen LogP contribution >= 0.6 is 23.4 Å². The monoisotopic (exact) mass is 350 g/mol. The number of ketones is 2. The number of carbonyl (C=O) groups is 2. The summed E-state index contributed by atoms with van der Waals surface area (Å²) in [4.78, 5) is 27.2. The molecule has 0 fully saturated rings. The number of hydrogen-bond acceptors (Lipinski definition) is 3. The van der Waals surface area contributed by atoms with Crippen LogP contribution in [0.1, 0.15) is 31.8 Å². The molecule has 4 rings (SSSR count). The van der Waals surface area contributed by atoms with Gasteiger partial charge in [-0.3, -0.25) is 9.59 Å².